The lowest BCUT2D eigenvalue weighted by molar-refractivity contribution is 0.249. The second-order valence-electron chi connectivity index (χ2n) is 4.20. The van der Waals surface area contributed by atoms with Crippen LogP contribution < -0.4 is 5.73 Å². The van der Waals surface area contributed by atoms with Crippen LogP contribution in [0.2, 0.25) is 0 Å². The number of nitrogens with zero attached hydrogens (tertiary/aromatic N) is 2. The van der Waals surface area contributed by atoms with E-state index in [1.54, 1.807) is 0 Å². The topological polar surface area (TPSA) is 92.1 Å². The quantitative estimate of drug-likeness (QED) is 0.751. The van der Waals surface area contributed by atoms with Gasteiger partial charge in [0.05, 0.1) is 6.33 Å². The number of hydrogen-bond donors (Lipinski definition) is 2. The van der Waals surface area contributed by atoms with E-state index >= 15 is 0 Å². The number of hydrogen-bond acceptors (Lipinski definition) is 4. The summed E-state index contributed by atoms with van der Waals surface area (Å²) in [5, 5.41) is 0.0789. The van der Waals surface area contributed by atoms with Crippen molar-refractivity contribution in [2.75, 3.05) is 13.1 Å². The largest absolute Gasteiger partial charge is 0.350 e. The van der Waals surface area contributed by atoms with Gasteiger partial charge in [-0.1, -0.05) is 6.92 Å². The molecule has 3 N–H and O–H groups in total. The standard InChI is InChI=1S/C9H16N4O2S/c1-7-5-13(3-2-8(7)10)16(14,15)9-4-11-6-12-9/h4,6-8H,2-3,5,10H2,1H3,(H,11,12)/t7-,8+/m1/s1. The van der Waals surface area contributed by atoms with Gasteiger partial charge in [-0.2, -0.15) is 4.31 Å². The van der Waals surface area contributed by atoms with Crippen molar-refractivity contribution in [3.05, 3.63) is 12.5 Å². The Hall–Kier alpha value is -0.920. The maximum Gasteiger partial charge on any atom is 0.262 e. The van der Waals surface area contributed by atoms with E-state index in [1.807, 2.05) is 6.92 Å². The maximum absolute atomic E-state index is 12.1. The zero-order valence-electron chi connectivity index (χ0n) is 9.13. The van der Waals surface area contributed by atoms with Crippen molar-refractivity contribution in [2.24, 2.45) is 11.7 Å². The van der Waals surface area contributed by atoms with Crippen molar-refractivity contribution in [2.45, 2.75) is 24.4 Å². The molecule has 1 aliphatic rings. The Balaban J connectivity index is 2.20. The minimum Gasteiger partial charge on any atom is -0.350 e. The predicted octanol–water partition coefficient (Wildman–Crippen LogP) is -0.232. The lowest BCUT2D eigenvalue weighted by Crippen LogP contribution is -2.48. The Morgan fingerprint density at radius 2 is 2.38 bits per heavy atom. The first-order chi connectivity index (χ1) is 7.51. The third-order valence-electron chi connectivity index (χ3n) is 3.01. The molecule has 6 nitrogen and oxygen atoms in total. The van der Waals surface area contributed by atoms with Crippen LogP contribution in [0.4, 0.5) is 0 Å². The summed E-state index contributed by atoms with van der Waals surface area (Å²) in [7, 11) is -3.44. The number of rotatable bonds is 2. The Labute approximate surface area is 94.9 Å². The van der Waals surface area contributed by atoms with Crippen LogP contribution in [0.25, 0.3) is 0 Å². The van der Waals surface area contributed by atoms with E-state index in [0.29, 0.717) is 19.5 Å². The van der Waals surface area contributed by atoms with Gasteiger partial charge in [0.15, 0.2) is 5.03 Å². The average molecular weight is 244 g/mol. The van der Waals surface area contributed by atoms with Crippen LogP contribution in [-0.2, 0) is 10.0 Å². The molecule has 0 aliphatic carbocycles. The average Bonchev–Trinajstić information content (AvgIpc) is 2.75. The summed E-state index contributed by atoms with van der Waals surface area (Å²) in [6.07, 6.45) is 3.46. The smallest absolute Gasteiger partial charge is 0.262 e. The van der Waals surface area contributed by atoms with Crippen molar-refractivity contribution in [3.63, 3.8) is 0 Å². The van der Waals surface area contributed by atoms with Crippen LogP contribution in [0.5, 0.6) is 0 Å². The van der Waals surface area contributed by atoms with E-state index in [4.69, 9.17) is 5.73 Å². The van der Waals surface area contributed by atoms with E-state index in [-0.39, 0.29) is 17.0 Å². The lowest BCUT2D eigenvalue weighted by atomic mass is 9.96. The Morgan fingerprint density at radius 1 is 1.62 bits per heavy atom. The number of piperidine rings is 1. The fourth-order valence-corrected chi connectivity index (χ4v) is 3.31. The summed E-state index contributed by atoms with van der Waals surface area (Å²) >= 11 is 0. The zero-order valence-corrected chi connectivity index (χ0v) is 9.94. The Morgan fingerprint density at radius 3 is 2.94 bits per heavy atom. The summed E-state index contributed by atoms with van der Waals surface area (Å²) in [4.78, 5) is 6.44. The van der Waals surface area contributed by atoms with E-state index in [1.165, 1.54) is 16.8 Å². The molecule has 0 spiro atoms. The summed E-state index contributed by atoms with van der Waals surface area (Å²) < 4.78 is 25.7. The second kappa shape index (κ2) is 4.15. The first kappa shape index (κ1) is 11.6. The van der Waals surface area contributed by atoms with Crippen LogP contribution in [0.3, 0.4) is 0 Å². The number of aromatic amines is 1. The number of sulfonamides is 1. The molecule has 0 saturated carbocycles. The van der Waals surface area contributed by atoms with Crippen molar-refractivity contribution in [1.29, 1.82) is 0 Å². The van der Waals surface area contributed by atoms with Gasteiger partial charge in [-0.25, -0.2) is 13.4 Å². The second-order valence-corrected chi connectivity index (χ2v) is 6.09. The van der Waals surface area contributed by atoms with Gasteiger partial charge in [-0.05, 0) is 12.3 Å². The molecule has 0 unspecified atom stereocenters. The van der Waals surface area contributed by atoms with Gasteiger partial charge in [0.25, 0.3) is 10.0 Å². The highest BCUT2D eigenvalue weighted by molar-refractivity contribution is 7.89. The predicted molar refractivity (Wildman–Crippen MR) is 59.1 cm³/mol. The molecule has 1 aromatic heterocycles. The van der Waals surface area contributed by atoms with E-state index < -0.39 is 10.0 Å². The first-order valence-electron chi connectivity index (χ1n) is 5.26. The normalized spacial score (nSPS) is 28.1. The van der Waals surface area contributed by atoms with Crippen LogP contribution in [0, 0.1) is 5.92 Å². The van der Waals surface area contributed by atoms with Crippen molar-refractivity contribution in [1.82, 2.24) is 14.3 Å². The molecule has 1 saturated heterocycles. The monoisotopic (exact) mass is 244 g/mol. The summed E-state index contributed by atoms with van der Waals surface area (Å²) in [5.41, 5.74) is 5.86. The molecule has 0 aromatic carbocycles. The highest BCUT2D eigenvalue weighted by Crippen LogP contribution is 2.21. The number of nitrogens with two attached hydrogens (primary N) is 1. The number of nitrogens with one attached hydrogen (secondary N) is 1. The van der Waals surface area contributed by atoms with Crippen LogP contribution in [0.15, 0.2) is 17.6 Å². The van der Waals surface area contributed by atoms with Crippen LogP contribution >= 0.6 is 0 Å². The molecule has 0 radical (unpaired) electrons. The highest BCUT2D eigenvalue weighted by atomic mass is 32.2. The van der Waals surface area contributed by atoms with Gasteiger partial charge in [-0.3, -0.25) is 0 Å². The van der Waals surface area contributed by atoms with Gasteiger partial charge < -0.3 is 10.7 Å². The van der Waals surface area contributed by atoms with Gasteiger partial charge >= 0.3 is 0 Å². The molecule has 1 aliphatic heterocycles. The third-order valence-corrected chi connectivity index (χ3v) is 4.78. The van der Waals surface area contributed by atoms with Crippen molar-refractivity contribution >= 4 is 10.0 Å². The molecule has 1 fully saturated rings. The molecule has 7 heteroatoms. The fraction of sp³-hybridized carbons (Fsp3) is 0.667. The Kier molecular flexibility index (Phi) is 3.00. The summed E-state index contributed by atoms with van der Waals surface area (Å²) in [5.74, 6) is 0.183. The van der Waals surface area contributed by atoms with Gasteiger partial charge in [0.1, 0.15) is 0 Å². The molecule has 2 rings (SSSR count). The molecular formula is C9H16N4O2S. The zero-order chi connectivity index (χ0) is 11.8. The summed E-state index contributed by atoms with van der Waals surface area (Å²) in [6.45, 7) is 2.91. The minimum absolute atomic E-state index is 0.0789. The molecule has 1 aromatic rings. The number of imidazole rings is 1. The maximum atomic E-state index is 12.1. The molecule has 16 heavy (non-hydrogen) atoms. The van der Waals surface area contributed by atoms with Gasteiger partial charge in [-0.15, -0.1) is 0 Å². The highest BCUT2D eigenvalue weighted by Gasteiger charge is 2.32. The van der Waals surface area contributed by atoms with E-state index in [2.05, 4.69) is 9.97 Å². The fourth-order valence-electron chi connectivity index (χ4n) is 1.86. The molecule has 2 atom stereocenters. The van der Waals surface area contributed by atoms with Crippen molar-refractivity contribution < 1.29 is 8.42 Å². The number of aromatic nitrogens is 2. The number of H-pyrrole nitrogens is 1. The molecule has 0 amide bonds. The van der Waals surface area contributed by atoms with Gasteiger partial charge in [0.2, 0.25) is 0 Å². The van der Waals surface area contributed by atoms with Crippen LogP contribution in [0.1, 0.15) is 13.3 Å². The SMILES string of the molecule is C[C@@H]1CN(S(=O)(=O)c2c[nH]cn2)CC[C@@H]1N. The molecule has 0 bridgehead atoms. The van der Waals surface area contributed by atoms with E-state index in [0.717, 1.165) is 0 Å². The molecule has 2 heterocycles. The molecule has 90 valence electrons. The first-order valence-corrected chi connectivity index (χ1v) is 6.70. The minimum atomic E-state index is -3.44. The third kappa shape index (κ3) is 1.98. The van der Waals surface area contributed by atoms with Gasteiger partial charge in [0, 0.05) is 25.3 Å². The van der Waals surface area contributed by atoms with E-state index in [9.17, 15) is 8.42 Å². The molecular weight excluding hydrogens is 228 g/mol. The summed E-state index contributed by atoms with van der Waals surface area (Å²) in [6, 6.07) is 0.0885. The lowest BCUT2D eigenvalue weighted by Gasteiger charge is -2.33. The Bertz CT molecular complexity index is 442. The van der Waals surface area contributed by atoms with Crippen molar-refractivity contribution in [3.8, 4) is 0 Å². The van der Waals surface area contributed by atoms with Crippen LogP contribution in [-0.4, -0.2) is 41.8 Å².